The van der Waals surface area contributed by atoms with E-state index in [1.807, 2.05) is 0 Å². The molecule has 0 fully saturated rings. The van der Waals surface area contributed by atoms with E-state index in [2.05, 4.69) is 30.7 Å². The van der Waals surface area contributed by atoms with Crippen LogP contribution in [0.4, 0.5) is 34.4 Å². The average molecular weight is 451 g/mol. The second kappa shape index (κ2) is 9.45. The van der Waals surface area contributed by atoms with Crippen molar-refractivity contribution in [3.63, 3.8) is 0 Å². The Bertz CT molecular complexity index is 1130. The Kier molecular flexibility index (Phi) is 6.71. The molecule has 32 heavy (non-hydrogen) atoms. The number of alkyl halides is 3. The highest BCUT2D eigenvalue weighted by Crippen LogP contribution is 2.41. The summed E-state index contributed by atoms with van der Waals surface area (Å²) in [7, 11) is 2.36. The molecule has 3 rings (SSSR count). The number of carbonyl (C=O) groups is 2. The topological polar surface area (TPSA) is 117 Å². The van der Waals surface area contributed by atoms with Crippen LogP contribution in [0.25, 0.3) is 11.0 Å². The monoisotopic (exact) mass is 451 g/mol. The fourth-order valence-corrected chi connectivity index (χ4v) is 3.00. The quantitative estimate of drug-likeness (QED) is 0.450. The molecule has 0 saturated heterocycles. The lowest BCUT2D eigenvalue weighted by atomic mass is 10.1. The van der Waals surface area contributed by atoms with Crippen molar-refractivity contribution in [2.75, 3.05) is 31.4 Å². The third-order valence-corrected chi connectivity index (χ3v) is 4.43. The number of benzene rings is 2. The molecular weight excluding hydrogens is 431 g/mol. The molecule has 4 N–H and O–H groups in total. The van der Waals surface area contributed by atoms with Gasteiger partial charge in [-0.25, -0.2) is 14.6 Å². The number of aromatic nitrogens is 2. The van der Waals surface area contributed by atoms with E-state index in [1.165, 1.54) is 19.2 Å². The van der Waals surface area contributed by atoms with Gasteiger partial charge in [0.15, 0.2) is 0 Å². The summed E-state index contributed by atoms with van der Waals surface area (Å²) in [6.07, 6.45) is -4.96. The first-order chi connectivity index (χ1) is 15.2. The molecular formula is C20H20F3N5O4. The molecule has 0 bridgehead atoms. The van der Waals surface area contributed by atoms with Gasteiger partial charge in [-0.3, -0.25) is 5.32 Å². The normalized spacial score (nSPS) is 11.2. The van der Waals surface area contributed by atoms with Gasteiger partial charge in [0, 0.05) is 6.54 Å². The number of halogens is 3. The van der Waals surface area contributed by atoms with E-state index in [0.717, 1.165) is 18.7 Å². The molecule has 0 aliphatic rings. The fourth-order valence-electron chi connectivity index (χ4n) is 3.00. The van der Waals surface area contributed by atoms with Crippen molar-refractivity contribution in [1.29, 1.82) is 0 Å². The largest absolute Gasteiger partial charge is 0.496 e. The minimum Gasteiger partial charge on any atom is -0.496 e. The van der Waals surface area contributed by atoms with Crippen LogP contribution in [0.2, 0.25) is 0 Å². The van der Waals surface area contributed by atoms with Gasteiger partial charge >= 0.3 is 18.3 Å². The molecule has 2 aromatic carbocycles. The molecule has 0 aliphatic carbocycles. The summed E-state index contributed by atoms with van der Waals surface area (Å²) >= 11 is 0. The molecule has 3 amide bonds. The van der Waals surface area contributed by atoms with Crippen molar-refractivity contribution in [1.82, 2.24) is 15.3 Å². The predicted molar refractivity (Wildman–Crippen MR) is 111 cm³/mol. The van der Waals surface area contributed by atoms with E-state index in [4.69, 9.17) is 4.74 Å². The number of urea groups is 1. The number of carbonyl (C=O) groups excluding carboxylic acids is 2. The van der Waals surface area contributed by atoms with Crippen molar-refractivity contribution in [2.45, 2.75) is 12.6 Å². The maximum Gasteiger partial charge on any atom is 0.421 e. The summed E-state index contributed by atoms with van der Waals surface area (Å²) in [6.45, 7) is 0.167. The second-order valence-corrected chi connectivity index (χ2v) is 6.56. The van der Waals surface area contributed by atoms with Crippen molar-refractivity contribution in [3.05, 3.63) is 47.5 Å². The zero-order valence-electron chi connectivity index (χ0n) is 17.1. The molecule has 3 aromatic rings. The number of amides is 3. The highest BCUT2D eigenvalue weighted by atomic mass is 19.4. The lowest BCUT2D eigenvalue weighted by molar-refractivity contribution is -0.138. The Morgan fingerprint density at radius 1 is 1.12 bits per heavy atom. The van der Waals surface area contributed by atoms with Crippen LogP contribution in [0.3, 0.4) is 0 Å². The maximum absolute atomic E-state index is 13.3. The number of fused-ring (bicyclic) bond motifs is 1. The standard InChI is InChI=1S/C20H20F3N5O4/c1-31-15-5-3-4-13(16(15)20(21,22)23)27-18(29)24-9-8-11-6-7-12-14(10-11)26-17(25-12)28-19(30)32-2/h3-7,10H,8-9H2,1-2H3,(H2,24,27,29)(H2,25,26,28,30). The molecule has 0 atom stereocenters. The summed E-state index contributed by atoms with van der Waals surface area (Å²) in [5.41, 5.74) is 0.635. The first kappa shape index (κ1) is 22.7. The highest BCUT2D eigenvalue weighted by molar-refractivity contribution is 5.91. The lowest BCUT2D eigenvalue weighted by Crippen LogP contribution is -2.31. The van der Waals surface area contributed by atoms with Crippen LogP contribution in [0, 0.1) is 0 Å². The molecule has 0 spiro atoms. The molecule has 0 unspecified atom stereocenters. The summed E-state index contributed by atoms with van der Waals surface area (Å²) in [6, 6.07) is 8.20. The van der Waals surface area contributed by atoms with Gasteiger partial charge in [-0.05, 0) is 36.2 Å². The summed E-state index contributed by atoms with van der Waals surface area (Å²) in [5.74, 6) is -0.163. The number of methoxy groups -OCH3 is 2. The van der Waals surface area contributed by atoms with Gasteiger partial charge in [0.2, 0.25) is 5.95 Å². The van der Waals surface area contributed by atoms with Crippen molar-refractivity contribution in [2.24, 2.45) is 0 Å². The number of H-pyrrole nitrogens is 1. The van der Waals surface area contributed by atoms with E-state index in [0.29, 0.717) is 17.5 Å². The Morgan fingerprint density at radius 2 is 1.91 bits per heavy atom. The molecule has 1 aromatic heterocycles. The molecule has 9 nitrogen and oxygen atoms in total. The van der Waals surface area contributed by atoms with Crippen molar-refractivity contribution < 1.29 is 32.2 Å². The third kappa shape index (κ3) is 5.39. The number of aromatic amines is 1. The van der Waals surface area contributed by atoms with Gasteiger partial charge in [0.05, 0.1) is 30.9 Å². The summed E-state index contributed by atoms with van der Waals surface area (Å²) in [5, 5.41) is 7.16. The van der Waals surface area contributed by atoms with Crippen LogP contribution in [0.15, 0.2) is 36.4 Å². The molecule has 0 aliphatic heterocycles. The number of nitrogens with one attached hydrogen (secondary N) is 4. The van der Waals surface area contributed by atoms with E-state index in [-0.39, 0.29) is 18.2 Å². The fraction of sp³-hybridized carbons (Fsp3) is 0.250. The summed E-state index contributed by atoms with van der Waals surface area (Å²) < 4.78 is 49.3. The number of nitrogens with zero attached hydrogens (tertiary/aromatic N) is 1. The Balaban J connectivity index is 1.60. The predicted octanol–water partition coefficient (Wildman–Crippen LogP) is 4.13. The van der Waals surface area contributed by atoms with E-state index < -0.39 is 29.6 Å². The number of anilines is 2. The molecule has 0 radical (unpaired) electrons. The van der Waals surface area contributed by atoms with Gasteiger partial charge in [-0.1, -0.05) is 12.1 Å². The smallest absolute Gasteiger partial charge is 0.421 e. The third-order valence-electron chi connectivity index (χ3n) is 4.43. The van der Waals surface area contributed by atoms with Crippen molar-refractivity contribution in [3.8, 4) is 5.75 Å². The second-order valence-electron chi connectivity index (χ2n) is 6.56. The van der Waals surface area contributed by atoms with Crippen LogP contribution in [-0.2, 0) is 17.3 Å². The van der Waals surface area contributed by atoms with Crippen LogP contribution in [0.5, 0.6) is 5.75 Å². The number of hydrogen-bond acceptors (Lipinski definition) is 5. The Labute approximate surface area is 180 Å². The van der Waals surface area contributed by atoms with Gasteiger partial charge in [0.25, 0.3) is 0 Å². The minimum atomic E-state index is -4.70. The number of hydrogen-bond donors (Lipinski definition) is 4. The zero-order valence-corrected chi connectivity index (χ0v) is 17.1. The van der Waals surface area contributed by atoms with Crippen LogP contribution >= 0.6 is 0 Å². The van der Waals surface area contributed by atoms with Crippen LogP contribution in [-0.4, -0.2) is 42.9 Å². The van der Waals surface area contributed by atoms with E-state index in [1.54, 1.807) is 18.2 Å². The molecule has 170 valence electrons. The first-order valence-corrected chi connectivity index (χ1v) is 9.34. The molecule has 0 saturated carbocycles. The first-order valence-electron chi connectivity index (χ1n) is 9.34. The zero-order chi connectivity index (χ0) is 23.3. The number of ether oxygens (including phenoxy) is 2. The van der Waals surface area contributed by atoms with E-state index >= 15 is 0 Å². The number of rotatable bonds is 6. The molecule has 1 heterocycles. The van der Waals surface area contributed by atoms with Crippen LogP contribution < -0.4 is 20.7 Å². The Hall–Kier alpha value is -3.96. The van der Waals surface area contributed by atoms with E-state index in [9.17, 15) is 22.8 Å². The van der Waals surface area contributed by atoms with Gasteiger partial charge in [-0.2, -0.15) is 13.2 Å². The minimum absolute atomic E-state index is 0.167. The summed E-state index contributed by atoms with van der Waals surface area (Å²) in [4.78, 5) is 30.5. The Morgan fingerprint density at radius 3 is 2.59 bits per heavy atom. The maximum atomic E-state index is 13.3. The highest BCUT2D eigenvalue weighted by Gasteiger charge is 2.37. The van der Waals surface area contributed by atoms with Gasteiger partial charge in [-0.15, -0.1) is 0 Å². The average Bonchev–Trinajstić information content (AvgIpc) is 3.14. The van der Waals surface area contributed by atoms with Crippen LogP contribution in [0.1, 0.15) is 11.1 Å². The van der Waals surface area contributed by atoms with Gasteiger partial charge in [0.1, 0.15) is 11.3 Å². The molecule has 12 heteroatoms. The number of imidazole rings is 1. The SMILES string of the molecule is COC(=O)Nc1nc2cc(CCNC(=O)Nc3cccc(OC)c3C(F)(F)F)ccc2[nH]1. The van der Waals surface area contributed by atoms with Crippen molar-refractivity contribution >= 4 is 34.8 Å². The van der Waals surface area contributed by atoms with Gasteiger partial charge < -0.3 is 25.1 Å². The lowest BCUT2D eigenvalue weighted by Gasteiger charge is -2.17.